The van der Waals surface area contributed by atoms with Gasteiger partial charge in [-0.25, -0.2) is 9.37 Å². The van der Waals surface area contributed by atoms with Gasteiger partial charge in [0.1, 0.15) is 10.8 Å². The maximum absolute atomic E-state index is 13.0. The number of aromatic nitrogens is 2. The van der Waals surface area contributed by atoms with E-state index in [1.807, 2.05) is 12.3 Å². The van der Waals surface area contributed by atoms with Crippen LogP contribution in [0.5, 0.6) is 0 Å². The van der Waals surface area contributed by atoms with Crippen molar-refractivity contribution >= 4 is 11.3 Å². The summed E-state index contributed by atoms with van der Waals surface area (Å²) in [7, 11) is 0. The summed E-state index contributed by atoms with van der Waals surface area (Å²) in [6.45, 7) is 3.71. The smallest absolute Gasteiger partial charge is 0.142 e. The van der Waals surface area contributed by atoms with E-state index in [9.17, 15) is 4.39 Å². The highest BCUT2D eigenvalue weighted by Crippen LogP contribution is 2.21. The first-order chi connectivity index (χ1) is 7.79. The highest BCUT2D eigenvalue weighted by molar-refractivity contribution is 7.09. The monoisotopic (exact) mass is 237 g/mol. The molecule has 0 saturated carbocycles. The SMILES string of the molecule is CCNCc1nc(-c2cncc(F)c2)cs1. The van der Waals surface area contributed by atoms with Crippen molar-refractivity contribution in [3.05, 3.63) is 34.7 Å². The summed E-state index contributed by atoms with van der Waals surface area (Å²) in [6.07, 6.45) is 2.81. The first-order valence-electron chi connectivity index (χ1n) is 5.05. The molecule has 0 aliphatic rings. The molecule has 3 nitrogen and oxygen atoms in total. The predicted octanol–water partition coefficient (Wildman–Crippen LogP) is 2.45. The topological polar surface area (TPSA) is 37.8 Å². The lowest BCUT2D eigenvalue weighted by Crippen LogP contribution is -2.11. The molecule has 16 heavy (non-hydrogen) atoms. The Morgan fingerprint density at radius 1 is 1.44 bits per heavy atom. The maximum atomic E-state index is 13.0. The predicted molar refractivity (Wildman–Crippen MR) is 62.7 cm³/mol. The molecule has 0 aromatic carbocycles. The number of nitrogens with zero attached hydrogens (tertiary/aromatic N) is 2. The molecule has 2 aromatic heterocycles. The van der Waals surface area contributed by atoms with Gasteiger partial charge < -0.3 is 5.32 Å². The average molecular weight is 237 g/mol. The van der Waals surface area contributed by atoms with Crippen LogP contribution < -0.4 is 5.32 Å². The van der Waals surface area contributed by atoms with Crippen LogP contribution in [0.2, 0.25) is 0 Å². The van der Waals surface area contributed by atoms with Crippen molar-refractivity contribution in [1.82, 2.24) is 15.3 Å². The van der Waals surface area contributed by atoms with Gasteiger partial charge in [0, 0.05) is 23.7 Å². The number of hydrogen-bond donors (Lipinski definition) is 1. The molecule has 2 heterocycles. The van der Waals surface area contributed by atoms with Gasteiger partial charge in [0.25, 0.3) is 0 Å². The molecule has 1 N–H and O–H groups in total. The van der Waals surface area contributed by atoms with E-state index >= 15 is 0 Å². The van der Waals surface area contributed by atoms with E-state index in [4.69, 9.17) is 0 Å². The number of thiazole rings is 1. The minimum Gasteiger partial charge on any atom is -0.311 e. The van der Waals surface area contributed by atoms with Gasteiger partial charge in [-0.1, -0.05) is 6.92 Å². The third-order valence-corrected chi connectivity index (χ3v) is 2.93. The van der Waals surface area contributed by atoms with E-state index in [0.29, 0.717) is 0 Å². The van der Waals surface area contributed by atoms with E-state index < -0.39 is 0 Å². The Kier molecular flexibility index (Phi) is 3.58. The molecule has 0 amide bonds. The highest BCUT2D eigenvalue weighted by atomic mass is 32.1. The molecule has 0 atom stereocenters. The summed E-state index contributed by atoms with van der Waals surface area (Å²) in [5, 5.41) is 6.12. The first-order valence-corrected chi connectivity index (χ1v) is 5.93. The zero-order valence-corrected chi connectivity index (χ0v) is 9.72. The molecule has 2 rings (SSSR count). The Morgan fingerprint density at radius 2 is 2.31 bits per heavy atom. The fourth-order valence-electron chi connectivity index (χ4n) is 1.31. The van der Waals surface area contributed by atoms with Crippen LogP contribution in [0, 0.1) is 5.82 Å². The molecule has 5 heteroatoms. The average Bonchev–Trinajstić information content (AvgIpc) is 2.75. The second-order valence-corrected chi connectivity index (χ2v) is 4.24. The second kappa shape index (κ2) is 5.14. The second-order valence-electron chi connectivity index (χ2n) is 3.30. The maximum Gasteiger partial charge on any atom is 0.142 e. The number of rotatable bonds is 4. The van der Waals surface area contributed by atoms with Crippen LogP contribution in [0.4, 0.5) is 4.39 Å². The van der Waals surface area contributed by atoms with Gasteiger partial charge >= 0.3 is 0 Å². The lowest BCUT2D eigenvalue weighted by Gasteiger charge is -1.96. The van der Waals surface area contributed by atoms with Crippen LogP contribution in [0.15, 0.2) is 23.8 Å². The third kappa shape index (κ3) is 2.62. The minimum atomic E-state index is -0.335. The summed E-state index contributed by atoms with van der Waals surface area (Å²) < 4.78 is 13.0. The summed E-state index contributed by atoms with van der Waals surface area (Å²) in [4.78, 5) is 8.21. The molecule has 0 bridgehead atoms. The van der Waals surface area contributed by atoms with Crippen molar-refractivity contribution in [1.29, 1.82) is 0 Å². The van der Waals surface area contributed by atoms with Crippen molar-refractivity contribution in [3.63, 3.8) is 0 Å². The lowest BCUT2D eigenvalue weighted by atomic mass is 10.2. The Morgan fingerprint density at radius 3 is 3.06 bits per heavy atom. The molecule has 0 unspecified atom stereocenters. The third-order valence-electron chi connectivity index (χ3n) is 2.08. The summed E-state index contributed by atoms with van der Waals surface area (Å²) in [5.41, 5.74) is 1.50. The molecule has 0 aliphatic carbocycles. The molecule has 0 aliphatic heterocycles. The number of nitrogens with one attached hydrogen (secondary N) is 1. The van der Waals surface area contributed by atoms with Gasteiger partial charge in [-0.2, -0.15) is 0 Å². The van der Waals surface area contributed by atoms with E-state index in [-0.39, 0.29) is 5.82 Å². The van der Waals surface area contributed by atoms with Gasteiger partial charge in [0.05, 0.1) is 11.9 Å². The van der Waals surface area contributed by atoms with Gasteiger partial charge in [-0.15, -0.1) is 11.3 Å². The lowest BCUT2D eigenvalue weighted by molar-refractivity contribution is 0.622. The van der Waals surface area contributed by atoms with E-state index in [0.717, 1.165) is 29.4 Å². The van der Waals surface area contributed by atoms with Crippen LogP contribution in [0.3, 0.4) is 0 Å². The van der Waals surface area contributed by atoms with Gasteiger partial charge in [-0.05, 0) is 12.6 Å². The van der Waals surface area contributed by atoms with Crippen molar-refractivity contribution in [2.24, 2.45) is 0 Å². The van der Waals surface area contributed by atoms with Gasteiger partial charge in [0.15, 0.2) is 0 Å². The largest absolute Gasteiger partial charge is 0.311 e. The number of halogens is 1. The van der Waals surface area contributed by atoms with Crippen molar-refractivity contribution in [2.45, 2.75) is 13.5 Å². The number of pyridine rings is 1. The van der Waals surface area contributed by atoms with Crippen LogP contribution >= 0.6 is 11.3 Å². The van der Waals surface area contributed by atoms with Crippen LogP contribution in [0.1, 0.15) is 11.9 Å². The quantitative estimate of drug-likeness (QED) is 0.887. The van der Waals surface area contributed by atoms with Crippen LogP contribution in [-0.2, 0) is 6.54 Å². The number of hydrogen-bond acceptors (Lipinski definition) is 4. The summed E-state index contributed by atoms with van der Waals surface area (Å²) >= 11 is 1.57. The first kappa shape index (κ1) is 11.2. The van der Waals surface area contributed by atoms with Crippen LogP contribution in [0.25, 0.3) is 11.3 Å². The van der Waals surface area contributed by atoms with E-state index in [2.05, 4.69) is 15.3 Å². The van der Waals surface area contributed by atoms with Crippen molar-refractivity contribution < 1.29 is 4.39 Å². The molecule has 0 fully saturated rings. The highest BCUT2D eigenvalue weighted by Gasteiger charge is 2.05. The van der Waals surface area contributed by atoms with Crippen molar-refractivity contribution in [2.75, 3.05) is 6.54 Å². The molecule has 0 spiro atoms. The normalized spacial score (nSPS) is 10.6. The Hall–Kier alpha value is -1.33. The minimum absolute atomic E-state index is 0.335. The van der Waals surface area contributed by atoms with Gasteiger partial charge in [0.2, 0.25) is 0 Å². The van der Waals surface area contributed by atoms with E-state index in [1.165, 1.54) is 12.3 Å². The van der Waals surface area contributed by atoms with Gasteiger partial charge in [-0.3, -0.25) is 4.98 Å². The van der Waals surface area contributed by atoms with Crippen LogP contribution in [-0.4, -0.2) is 16.5 Å². The Bertz CT molecular complexity index is 470. The standard InChI is InChI=1S/C11H12FN3S/c1-2-13-6-11-15-10(7-16-11)8-3-9(12)5-14-4-8/h3-5,7,13H,2,6H2,1H3. The molecule has 0 radical (unpaired) electrons. The fraction of sp³-hybridized carbons (Fsp3) is 0.273. The Labute approximate surface area is 97.4 Å². The molecule has 84 valence electrons. The molecular formula is C11H12FN3S. The molecule has 2 aromatic rings. The summed E-state index contributed by atoms with van der Waals surface area (Å²) in [6, 6.07) is 1.44. The zero-order valence-electron chi connectivity index (χ0n) is 8.90. The van der Waals surface area contributed by atoms with E-state index in [1.54, 1.807) is 17.5 Å². The molecule has 0 saturated heterocycles. The molecular weight excluding hydrogens is 225 g/mol. The Balaban J connectivity index is 2.18. The van der Waals surface area contributed by atoms with Crippen molar-refractivity contribution in [3.8, 4) is 11.3 Å². The zero-order chi connectivity index (χ0) is 11.4. The summed E-state index contributed by atoms with van der Waals surface area (Å²) in [5.74, 6) is -0.335. The fourth-order valence-corrected chi connectivity index (χ4v) is 2.08.